The van der Waals surface area contributed by atoms with Crippen LogP contribution in [0.4, 0.5) is 0 Å². The molecule has 0 bridgehead atoms. The molecule has 0 aliphatic heterocycles. The first-order valence-electron chi connectivity index (χ1n) is 5.50. The van der Waals surface area contributed by atoms with E-state index in [1.807, 2.05) is 24.3 Å². The third kappa shape index (κ3) is 1.83. The van der Waals surface area contributed by atoms with Crippen LogP contribution in [0, 0.1) is 0 Å². The van der Waals surface area contributed by atoms with E-state index in [9.17, 15) is 0 Å². The fraction of sp³-hybridized carbons (Fsp3) is 0.0667. The number of alkyl halides is 1. The summed E-state index contributed by atoms with van der Waals surface area (Å²) in [7, 11) is 0. The smallest absolute Gasteiger partial charge is 0.0952 e. The van der Waals surface area contributed by atoms with E-state index < -0.39 is 0 Å². The van der Waals surface area contributed by atoms with Crippen molar-refractivity contribution in [3.05, 3.63) is 72.2 Å². The van der Waals surface area contributed by atoms with Crippen molar-refractivity contribution in [1.82, 2.24) is 0 Å². The quantitative estimate of drug-likeness (QED) is 0.591. The highest BCUT2D eigenvalue weighted by Crippen LogP contribution is 2.33. The first kappa shape index (κ1) is 10.4. The van der Waals surface area contributed by atoms with E-state index in [-0.39, 0.29) is 5.38 Å². The molecule has 1 nitrogen and oxygen atoms in total. The van der Waals surface area contributed by atoms with Crippen LogP contribution in [0.25, 0.3) is 10.8 Å². The number of rotatable bonds is 2. The van der Waals surface area contributed by atoms with E-state index >= 15 is 0 Å². The monoisotopic (exact) mass is 242 g/mol. The predicted octanol–water partition coefficient (Wildman–Crippen LogP) is 4.76. The SMILES string of the molecule is ClC(c1ccoc1)c1cccc2ccccc12. The second-order valence-electron chi connectivity index (χ2n) is 3.99. The number of furan rings is 1. The molecule has 1 unspecified atom stereocenters. The van der Waals surface area contributed by atoms with Crippen molar-refractivity contribution in [3.8, 4) is 0 Å². The molecule has 2 heteroatoms. The molecule has 3 rings (SSSR count). The third-order valence-electron chi connectivity index (χ3n) is 2.93. The van der Waals surface area contributed by atoms with Gasteiger partial charge in [-0.25, -0.2) is 0 Å². The average molecular weight is 243 g/mol. The molecule has 0 amide bonds. The van der Waals surface area contributed by atoms with E-state index in [0.29, 0.717) is 0 Å². The Kier molecular flexibility index (Phi) is 2.62. The van der Waals surface area contributed by atoms with Crippen molar-refractivity contribution in [2.24, 2.45) is 0 Å². The van der Waals surface area contributed by atoms with Crippen LogP contribution < -0.4 is 0 Å². The molecule has 0 aliphatic carbocycles. The molecule has 0 radical (unpaired) electrons. The molecule has 0 aliphatic rings. The summed E-state index contributed by atoms with van der Waals surface area (Å²) in [5.41, 5.74) is 2.11. The van der Waals surface area contributed by atoms with Crippen molar-refractivity contribution in [2.45, 2.75) is 5.38 Å². The zero-order valence-electron chi connectivity index (χ0n) is 9.14. The largest absolute Gasteiger partial charge is 0.472 e. The van der Waals surface area contributed by atoms with Crippen molar-refractivity contribution in [3.63, 3.8) is 0 Å². The van der Waals surface area contributed by atoms with Crippen LogP contribution >= 0.6 is 11.6 Å². The maximum atomic E-state index is 6.49. The number of hydrogen-bond donors (Lipinski definition) is 0. The molecule has 0 saturated heterocycles. The predicted molar refractivity (Wildman–Crippen MR) is 70.4 cm³/mol. The van der Waals surface area contributed by atoms with Gasteiger partial charge >= 0.3 is 0 Å². The Bertz CT molecular complexity index is 623. The Morgan fingerprint density at radius 2 is 1.76 bits per heavy atom. The number of fused-ring (bicyclic) bond motifs is 1. The normalized spacial score (nSPS) is 12.8. The lowest BCUT2D eigenvalue weighted by Crippen LogP contribution is -1.92. The first-order valence-corrected chi connectivity index (χ1v) is 5.94. The Morgan fingerprint density at radius 3 is 2.59 bits per heavy atom. The highest BCUT2D eigenvalue weighted by molar-refractivity contribution is 6.23. The van der Waals surface area contributed by atoms with E-state index in [1.165, 1.54) is 10.8 Å². The van der Waals surface area contributed by atoms with Crippen LogP contribution in [0.1, 0.15) is 16.5 Å². The Labute approximate surface area is 105 Å². The van der Waals surface area contributed by atoms with Gasteiger partial charge in [-0.15, -0.1) is 11.6 Å². The molecule has 0 saturated carbocycles. The molecule has 1 heterocycles. The van der Waals surface area contributed by atoms with Crippen LogP contribution in [0.5, 0.6) is 0 Å². The zero-order valence-corrected chi connectivity index (χ0v) is 9.89. The van der Waals surface area contributed by atoms with Crippen LogP contribution in [0.2, 0.25) is 0 Å². The summed E-state index contributed by atoms with van der Waals surface area (Å²) in [6, 6.07) is 16.4. The summed E-state index contributed by atoms with van der Waals surface area (Å²) < 4.78 is 5.08. The minimum atomic E-state index is -0.167. The van der Waals surface area contributed by atoms with Gasteiger partial charge in [0.15, 0.2) is 0 Å². The van der Waals surface area contributed by atoms with Gasteiger partial charge < -0.3 is 4.42 Å². The van der Waals surface area contributed by atoms with E-state index in [2.05, 4.69) is 24.3 Å². The number of halogens is 1. The first-order chi connectivity index (χ1) is 8.36. The summed E-state index contributed by atoms with van der Waals surface area (Å²) in [4.78, 5) is 0. The Hall–Kier alpha value is -1.73. The molecule has 0 spiro atoms. The zero-order chi connectivity index (χ0) is 11.7. The van der Waals surface area contributed by atoms with Gasteiger partial charge in [-0.3, -0.25) is 0 Å². The van der Waals surface area contributed by atoms with Gasteiger partial charge in [0.2, 0.25) is 0 Å². The molecule has 1 atom stereocenters. The van der Waals surface area contributed by atoms with Gasteiger partial charge in [0.1, 0.15) is 0 Å². The highest BCUT2D eigenvalue weighted by Gasteiger charge is 2.14. The van der Waals surface area contributed by atoms with Gasteiger partial charge in [0.25, 0.3) is 0 Å². The summed E-state index contributed by atoms with van der Waals surface area (Å²) in [6.45, 7) is 0. The van der Waals surface area contributed by atoms with E-state index in [4.69, 9.17) is 16.0 Å². The summed E-state index contributed by atoms with van der Waals surface area (Å²) in [5.74, 6) is 0. The molecule has 3 aromatic rings. The fourth-order valence-corrected chi connectivity index (χ4v) is 2.38. The second kappa shape index (κ2) is 4.27. The molecule has 0 N–H and O–H groups in total. The van der Waals surface area contributed by atoms with Crippen molar-refractivity contribution < 1.29 is 4.42 Å². The van der Waals surface area contributed by atoms with Crippen LogP contribution in [0.15, 0.2) is 65.5 Å². The lowest BCUT2D eigenvalue weighted by atomic mass is 9.99. The summed E-state index contributed by atoms with van der Waals surface area (Å²) >= 11 is 6.49. The minimum absolute atomic E-state index is 0.167. The number of hydrogen-bond acceptors (Lipinski definition) is 1. The van der Waals surface area contributed by atoms with Gasteiger partial charge in [-0.1, -0.05) is 42.5 Å². The van der Waals surface area contributed by atoms with Gasteiger partial charge in [0.05, 0.1) is 17.9 Å². The highest BCUT2D eigenvalue weighted by atomic mass is 35.5. The van der Waals surface area contributed by atoms with Gasteiger partial charge in [-0.2, -0.15) is 0 Å². The maximum Gasteiger partial charge on any atom is 0.0952 e. The fourth-order valence-electron chi connectivity index (χ4n) is 2.07. The molecule has 2 aromatic carbocycles. The molecular formula is C15H11ClO. The molecule has 17 heavy (non-hydrogen) atoms. The van der Waals surface area contributed by atoms with E-state index in [0.717, 1.165) is 11.1 Å². The lowest BCUT2D eigenvalue weighted by Gasteiger charge is -2.11. The lowest BCUT2D eigenvalue weighted by molar-refractivity contribution is 0.564. The van der Waals surface area contributed by atoms with Crippen LogP contribution in [-0.4, -0.2) is 0 Å². The van der Waals surface area contributed by atoms with Crippen molar-refractivity contribution >= 4 is 22.4 Å². The topological polar surface area (TPSA) is 13.1 Å². The molecule has 1 aromatic heterocycles. The average Bonchev–Trinajstić information content (AvgIpc) is 2.91. The van der Waals surface area contributed by atoms with Crippen molar-refractivity contribution in [2.75, 3.05) is 0 Å². The Balaban J connectivity index is 2.17. The van der Waals surface area contributed by atoms with E-state index in [1.54, 1.807) is 12.5 Å². The summed E-state index contributed by atoms with van der Waals surface area (Å²) in [6.07, 6.45) is 3.34. The van der Waals surface area contributed by atoms with Gasteiger partial charge in [0, 0.05) is 5.56 Å². The second-order valence-corrected chi connectivity index (χ2v) is 4.42. The third-order valence-corrected chi connectivity index (χ3v) is 3.42. The van der Waals surface area contributed by atoms with Crippen LogP contribution in [-0.2, 0) is 0 Å². The maximum absolute atomic E-state index is 6.49. The summed E-state index contributed by atoms with van der Waals surface area (Å²) in [5, 5.41) is 2.23. The number of benzene rings is 2. The Morgan fingerprint density at radius 1 is 0.941 bits per heavy atom. The van der Waals surface area contributed by atoms with Crippen LogP contribution in [0.3, 0.4) is 0 Å². The molecule has 84 valence electrons. The minimum Gasteiger partial charge on any atom is -0.472 e. The molecule has 0 fully saturated rings. The van der Waals surface area contributed by atoms with Crippen molar-refractivity contribution in [1.29, 1.82) is 0 Å². The molecular weight excluding hydrogens is 232 g/mol. The standard InChI is InChI=1S/C15H11ClO/c16-15(12-8-9-17-10-12)14-7-3-5-11-4-1-2-6-13(11)14/h1-10,15H. The van der Waals surface area contributed by atoms with Gasteiger partial charge in [-0.05, 0) is 22.4 Å².